The highest BCUT2D eigenvalue weighted by molar-refractivity contribution is 7.99. The number of halogens is 1. The van der Waals surface area contributed by atoms with E-state index >= 15 is 0 Å². The summed E-state index contributed by atoms with van der Waals surface area (Å²) in [5, 5.41) is 14.2. The van der Waals surface area contributed by atoms with Gasteiger partial charge in [0.25, 0.3) is 0 Å². The molecule has 2 aromatic heterocycles. The Balaban J connectivity index is 1.46. The Kier molecular flexibility index (Phi) is 5.04. The number of benzene rings is 1. The molecule has 23 heavy (non-hydrogen) atoms. The minimum Gasteiger partial charge on any atom is -0.455 e. The van der Waals surface area contributed by atoms with Crippen molar-refractivity contribution in [3.8, 4) is 11.3 Å². The highest BCUT2D eigenvalue weighted by Crippen LogP contribution is 2.24. The molecular formula is C15H17FN5OS+. The molecule has 8 heteroatoms. The van der Waals surface area contributed by atoms with Gasteiger partial charge in [0.15, 0.2) is 5.76 Å². The Hall–Kier alpha value is -2.19. The van der Waals surface area contributed by atoms with Gasteiger partial charge < -0.3 is 9.73 Å². The van der Waals surface area contributed by atoms with E-state index in [2.05, 4.69) is 20.8 Å². The number of tetrazole rings is 1. The Bertz CT molecular complexity index is 773. The quantitative estimate of drug-likeness (QED) is 0.523. The van der Waals surface area contributed by atoms with Crippen LogP contribution in [0.15, 0.2) is 46.0 Å². The molecule has 120 valence electrons. The number of aryl methyl sites for hydroxylation is 1. The number of nitrogens with two attached hydrogens (primary N) is 1. The summed E-state index contributed by atoms with van der Waals surface area (Å²) in [6.07, 6.45) is 0. The van der Waals surface area contributed by atoms with E-state index in [1.54, 1.807) is 34.6 Å². The smallest absolute Gasteiger partial charge is 0.209 e. The number of aromatic nitrogens is 4. The highest BCUT2D eigenvalue weighted by Gasteiger charge is 2.10. The van der Waals surface area contributed by atoms with Crippen LogP contribution in [0.2, 0.25) is 0 Å². The van der Waals surface area contributed by atoms with Crippen molar-refractivity contribution in [2.24, 2.45) is 7.05 Å². The zero-order chi connectivity index (χ0) is 16.1. The van der Waals surface area contributed by atoms with E-state index in [0.717, 1.165) is 23.2 Å². The second kappa shape index (κ2) is 7.38. The van der Waals surface area contributed by atoms with E-state index in [-0.39, 0.29) is 5.82 Å². The van der Waals surface area contributed by atoms with Crippen LogP contribution in [-0.4, -0.2) is 32.5 Å². The third-order valence-electron chi connectivity index (χ3n) is 3.28. The fourth-order valence-corrected chi connectivity index (χ4v) is 2.90. The third kappa shape index (κ3) is 3.96. The van der Waals surface area contributed by atoms with E-state index in [9.17, 15) is 4.39 Å². The molecule has 6 nitrogen and oxygen atoms in total. The normalized spacial score (nSPS) is 11.0. The van der Waals surface area contributed by atoms with Gasteiger partial charge in [-0.15, -0.1) is 5.10 Å². The molecule has 0 aliphatic rings. The lowest BCUT2D eigenvalue weighted by atomic mass is 10.1. The molecule has 0 aliphatic carbocycles. The molecule has 0 fully saturated rings. The molecule has 0 amide bonds. The van der Waals surface area contributed by atoms with Gasteiger partial charge in [0.05, 0.1) is 17.9 Å². The van der Waals surface area contributed by atoms with Crippen LogP contribution in [-0.2, 0) is 13.6 Å². The van der Waals surface area contributed by atoms with Crippen LogP contribution in [0.25, 0.3) is 11.3 Å². The molecule has 1 aromatic carbocycles. The van der Waals surface area contributed by atoms with Crippen LogP contribution in [0.5, 0.6) is 0 Å². The van der Waals surface area contributed by atoms with Crippen molar-refractivity contribution >= 4 is 11.8 Å². The van der Waals surface area contributed by atoms with E-state index in [0.29, 0.717) is 17.9 Å². The Morgan fingerprint density at radius 2 is 2.13 bits per heavy atom. The summed E-state index contributed by atoms with van der Waals surface area (Å²) in [4.78, 5) is 0. The number of hydrogen-bond donors (Lipinski definition) is 1. The average Bonchev–Trinajstić information content (AvgIpc) is 3.17. The minimum absolute atomic E-state index is 0.272. The maximum Gasteiger partial charge on any atom is 0.209 e. The molecule has 0 spiro atoms. The number of furan rings is 1. The van der Waals surface area contributed by atoms with E-state index in [1.807, 2.05) is 19.2 Å². The van der Waals surface area contributed by atoms with Crippen molar-refractivity contribution in [3.63, 3.8) is 0 Å². The van der Waals surface area contributed by atoms with Crippen molar-refractivity contribution in [1.82, 2.24) is 20.2 Å². The van der Waals surface area contributed by atoms with Gasteiger partial charge in [-0.3, -0.25) is 0 Å². The van der Waals surface area contributed by atoms with Gasteiger partial charge >= 0.3 is 0 Å². The number of hydrogen-bond acceptors (Lipinski definition) is 5. The van der Waals surface area contributed by atoms with Crippen molar-refractivity contribution in [3.05, 3.63) is 48.0 Å². The number of thioether (sulfide) groups is 1. The van der Waals surface area contributed by atoms with Gasteiger partial charge in [0, 0.05) is 7.05 Å². The minimum atomic E-state index is -0.272. The first kappa shape index (κ1) is 15.7. The van der Waals surface area contributed by atoms with Crippen molar-refractivity contribution in [2.45, 2.75) is 11.7 Å². The molecule has 0 saturated heterocycles. The van der Waals surface area contributed by atoms with Gasteiger partial charge in [0.2, 0.25) is 5.16 Å². The predicted octanol–water partition coefficient (Wildman–Crippen LogP) is 1.46. The fourth-order valence-electron chi connectivity index (χ4n) is 2.11. The largest absolute Gasteiger partial charge is 0.455 e. The number of quaternary nitrogens is 1. The predicted molar refractivity (Wildman–Crippen MR) is 84.1 cm³/mol. The monoisotopic (exact) mass is 334 g/mol. The van der Waals surface area contributed by atoms with Gasteiger partial charge in [-0.1, -0.05) is 23.9 Å². The van der Waals surface area contributed by atoms with Crippen LogP contribution >= 0.6 is 11.8 Å². The fraction of sp³-hybridized carbons (Fsp3) is 0.267. The summed E-state index contributed by atoms with van der Waals surface area (Å²) >= 11 is 1.61. The zero-order valence-corrected chi connectivity index (χ0v) is 13.5. The lowest BCUT2D eigenvalue weighted by Gasteiger charge is -2.00. The van der Waals surface area contributed by atoms with Gasteiger partial charge in [-0.2, -0.15) is 0 Å². The van der Waals surface area contributed by atoms with E-state index < -0.39 is 0 Å². The van der Waals surface area contributed by atoms with Crippen LogP contribution in [0.3, 0.4) is 0 Å². The lowest BCUT2D eigenvalue weighted by molar-refractivity contribution is -0.668. The first-order chi connectivity index (χ1) is 11.2. The van der Waals surface area contributed by atoms with Crippen molar-refractivity contribution in [1.29, 1.82) is 0 Å². The Morgan fingerprint density at radius 1 is 1.26 bits per heavy atom. The maximum absolute atomic E-state index is 13.7. The van der Waals surface area contributed by atoms with Crippen LogP contribution < -0.4 is 5.32 Å². The molecule has 0 radical (unpaired) electrons. The summed E-state index contributed by atoms with van der Waals surface area (Å²) in [7, 11) is 1.82. The summed E-state index contributed by atoms with van der Waals surface area (Å²) in [5.41, 5.74) is 0.490. The third-order valence-corrected chi connectivity index (χ3v) is 4.32. The molecule has 3 aromatic rings. The van der Waals surface area contributed by atoms with Gasteiger partial charge in [-0.25, -0.2) is 9.07 Å². The highest BCUT2D eigenvalue weighted by atomic mass is 32.2. The molecule has 2 heterocycles. The first-order valence-corrected chi connectivity index (χ1v) is 8.23. The molecule has 0 atom stereocenters. The number of nitrogens with zero attached hydrogens (tertiary/aromatic N) is 4. The Labute approximate surface area is 137 Å². The SMILES string of the molecule is Cn1nnnc1SCC[NH2+]Cc1ccc(-c2ccccc2F)o1. The molecular weight excluding hydrogens is 317 g/mol. The number of rotatable bonds is 7. The van der Waals surface area contributed by atoms with Gasteiger partial charge in [-0.05, 0) is 34.7 Å². The summed E-state index contributed by atoms with van der Waals surface area (Å²) < 4.78 is 21.1. The molecule has 2 N–H and O–H groups in total. The molecule has 0 aliphatic heterocycles. The molecule has 3 rings (SSSR count). The summed E-state index contributed by atoms with van der Waals surface area (Å²) in [6, 6.07) is 10.3. The second-order valence-corrected chi connectivity index (χ2v) is 6.02. The van der Waals surface area contributed by atoms with Crippen LogP contribution in [0.4, 0.5) is 4.39 Å². The standard InChI is InChI=1S/C15H16FN5OS/c1-21-15(18-19-20-21)23-9-8-17-10-11-6-7-14(22-11)12-4-2-3-5-13(12)16/h2-7,17H,8-10H2,1H3/p+1. The van der Waals surface area contributed by atoms with Crippen LogP contribution in [0, 0.1) is 5.82 Å². The first-order valence-electron chi connectivity index (χ1n) is 7.24. The topological polar surface area (TPSA) is 73.3 Å². The summed E-state index contributed by atoms with van der Waals surface area (Å²) in [6.45, 7) is 1.62. The van der Waals surface area contributed by atoms with Crippen molar-refractivity contribution in [2.75, 3.05) is 12.3 Å². The molecule has 0 saturated carbocycles. The molecule has 0 bridgehead atoms. The maximum atomic E-state index is 13.7. The molecule has 0 unspecified atom stereocenters. The second-order valence-electron chi connectivity index (χ2n) is 4.96. The average molecular weight is 334 g/mol. The van der Waals surface area contributed by atoms with E-state index in [4.69, 9.17) is 4.42 Å². The van der Waals surface area contributed by atoms with Crippen molar-refractivity contribution < 1.29 is 14.1 Å². The van der Waals surface area contributed by atoms with Gasteiger partial charge in [0.1, 0.15) is 18.1 Å². The summed E-state index contributed by atoms with van der Waals surface area (Å²) in [5.74, 6) is 2.01. The Morgan fingerprint density at radius 3 is 2.91 bits per heavy atom. The van der Waals surface area contributed by atoms with E-state index in [1.165, 1.54) is 6.07 Å². The van der Waals surface area contributed by atoms with Crippen LogP contribution in [0.1, 0.15) is 5.76 Å². The lowest BCUT2D eigenvalue weighted by Crippen LogP contribution is -2.83. The zero-order valence-electron chi connectivity index (χ0n) is 12.6.